The van der Waals surface area contributed by atoms with E-state index in [0.717, 1.165) is 61.6 Å². The van der Waals surface area contributed by atoms with Gasteiger partial charge in [-0.15, -0.1) is 0 Å². The third-order valence-electron chi connectivity index (χ3n) is 3.48. The van der Waals surface area contributed by atoms with Crippen molar-refractivity contribution in [1.29, 1.82) is 0 Å². The van der Waals surface area contributed by atoms with Crippen LogP contribution in [0.15, 0.2) is 6.07 Å². The van der Waals surface area contributed by atoms with E-state index in [4.69, 9.17) is 0 Å². The van der Waals surface area contributed by atoms with Crippen LogP contribution in [0.2, 0.25) is 0 Å². The van der Waals surface area contributed by atoms with Gasteiger partial charge < -0.3 is 10.2 Å². The lowest BCUT2D eigenvalue weighted by molar-refractivity contribution is 0.433. The first-order valence-electron chi connectivity index (χ1n) is 6.29. The van der Waals surface area contributed by atoms with Gasteiger partial charge in [-0.3, -0.25) is 0 Å². The fourth-order valence-electron chi connectivity index (χ4n) is 2.52. The Hall–Kier alpha value is -1.18. The first kappa shape index (κ1) is 11.3. The van der Waals surface area contributed by atoms with Gasteiger partial charge in [-0.05, 0) is 50.2 Å². The molecule has 0 bridgehead atoms. The van der Waals surface area contributed by atoms with Crippen molar-refractivity contribution < 1.29 is 10.2 Å². The molecule has 0 amide bonds. The van der Waals surface area contributed by atoms with Gasteiger partial charge in [0.15, 0.2) is 0 Å². The molecule has 0 fully saturated rings. The van der Waals surface area contributed by atoms with E-state index in [2.05, 4.69) is 6.92 Å². The number of fused-ring (bicyclic) bond motifs is 1. The van der Waals surface area contributed by atoms with Gasteiger partial charge in [0.25, 0.3) is 0 Å². The molecule has 0 spiro atoms. The maximum Gasteiger partial charge on any atom is 0.122 e. The van der Waals surface area contributed by atoms with Gasteiger partial charge in [0, 0.05) is 11.1 Å². The molecule has 0 aromatic heterocycles. The second-order valence-corrected chi connectivity index (χ2v) is 4.67. The quantitative estimate of drug-likeness (QED) is 0.767. The van der Waals surface area contributed by atoms with Crippen molar-refractivity contribution in [2.75, 3.05) is 0 Å². The number of unbranched alkanes of at least 4 members (excludes halogenated alkanes) is 1. The Morgan fingerprint density at radius 3 is 2.50 bits per heavy atom. The van der Waals surface area contributed by atoms with Gasteiger partial charge in [-0.2, -0.15) is 0 Å². The van der Waals surface area contributed by atoms with E-state index in [1.165, 1.54) is 0 Å². The molecule has 0 atom stereocenters. The van der Waals surface area contributed by atoms with Crippen LogP contribution >= 0.6 is 0 Å². The van der Waals surface area contributed by atoms with Crippen molar-refractivity contribution >= 4 is 0 Å². The standard InChI is InChI=1S/C14H20O2/c1-2-3-6-10-9-13(15)11-7-4-5-8-12(11)14(10)16/h9,15-16H,2-8H2,1H3. The molecule has 0 saturated heterocycles. The van der Waals surface area contributed by atoms with Gasteiger partial charge >= 0.3 is 0 Å². The fraction of sp³-hybridized carbons (Fsp3) is 0.571. The summed E-state index contributed by atoms with van der Waals surface area (Å²) in [5.74, 6) is 0.833. The average Bonchev–Trinajstić information content (AvgIpc) is 2.32. The zero-order chi connectivity index (χ0) is 11.5. The lowest BCUT2D eigenvalue weighted by atomic mass is 9.87. The predicted molar refractivity (Wildman–Crippen MR) is 65.0 cm³/mol. The van der Waals surface area contributed by atoms with E-state index in [-0.39, 0.29) is 0 Å². The summed E-state index contributed by atoms with van der Waals surface area (Å²) in [6, 6.07) is 1.76. The maximum absolute atomic E-state index is 10.2. The van der Waals surface area contributed by atoms with Crippen LogP contribution in [0.4, 0.5) is 0 Å². The Morgan fingerprint density at radius 1 is 1.12 bits per heavy atom. The number of aryl methyl sites for hydroxylation is 1. The molecular formula is C14H20O2. The van der Waals surface area contributed by atoms with Crippen molar-refractivity contribution in [2.45, 2.75) is 51.9 Å². The summed E-state index contributed by atoms with van der Waals surface area (Å²) >= 11 is 0. The second kappa shape index (κ2) is 4.77. The van der Waals surface area contributed by atoms with Gasteiger partial charge in [-0.25, -0.2) is 0 Å². The average molecular weight is 220 g/mol. The molecule has 1 aromatic rings. The summed E-state index contributed by atoms with van der Waals surface area (Å²) < 4.78 is 0. The van der Waals surface area contributed by atoms with Crippen molar-refractivity contribution in [3.63, 3.8) is 0 Å². The summed E-state index contributed by atoms with van der Waals surface area (Å²) in [7, 11) is 0. The minimum atomic E-state index is 0.388. The lowest BCUT2D eigenvalue weighted by Crippen LogP contribution is -2.05. The van der Waals surface area contributed by atoms with E-state index < -0.39 is 0 Å². The van der Waals surface area contributed by atoms with Crippen LogP contribution in [-0.4, -0.2) is 10.2 Å². The Bertz CT molecular complexity index is 383. The van der Waals surface area contributed by atoms with Gasteiger partial charge in [0.05, 0.1) is 0 Å². The molecule has 0 aliphatic heterocycles. The number of hydrogen-bond acceptors (Lipinski definition) is 2. The minimum Gasteiger partial charge on any atom is -0.508 e. The molecule has 0 unspecified atom stereocenters. The Balaban J connectivity index is 2.37. The van der Waals surface area contributed by atoms with Crippen LogP contribution in [0.1, 0.15) is 49.3 Å². The zero-order valence-electron chi connectivity index (χ0n) is 9.92. The summed E-state index contributed by atoms with van der Waals surface area (Å²) in [5.41, 5.74) is 2.89. The molecule has 1 aliphatic carbocycles. The first-order valence-corrected chi connectivity index (χ1v) is 6.29. The predicted octanol–water partition coefficient (Wildman–Crippen LogP) is 3.32. The van der Waals surface area contributed by atoms with Crippen LogP contribution in [0.5, 0.6) is 11.5 Å². The Labute approximate surface area is 96.9 Å². The molecule has 0 heterocycles. The number of phenolic OH excluding ortho intramolecular Hbond substituents is 2. The highest BCUT2D eigenvalue weighted by Gasteiger charge is 2.19. The summed E-state index contributed by atoms with van der Waals surface area (Å²) in [6.45, 7) is 2.13. The van der Waals surface area contributed by atoms with E-state index in [1.807, 2.05) is 0 Å². The Morgan fingerprint density at radius 2 is 1.81 bits per heavy atom. The van der Waals surface area contributed by atoms with Crippen LogP contribution < -0.4 is 0 Å². The van der Waals surface area contributed by atoms with Crippen LogP contribution in [0.3, 0.4) is 0 Å². The number of benzene rings is 1. The molecular weight excluding hydrogens is 200 g/mol. The lowest BCUT2D eigenvalue weighted by Gasteiger charge is -2.20. The highest BCUT2D eigenvalue weighted by atomic mass is 16.3. The largest absolute Gasteiger partial charge is 0.508 e. The van der Waals surface area contributed by atoms with Crippen LogP contribution in [-0.2, 0) is 19.3 Å². The molecule has 0 saturated carbocycles. The normalized spacial score (nSPS) is 14.8. The number of phenols is 2. The number of rotatable bonds is 3. The first-order chi connectivity index (χ1) is 7.74. The highest BCUT2D eigenvalue weighted by Crippen LogP contribution is 2.38. The minimum absolute atomic E-state index is 0.388. The molecule has 2 N–H and O–H groups in total. The molecule has 1 aromatic carbocycles. The molecule has 16 heavy (non-hydrogen) atoms. The maximum atomic E-state index is 10.2. The van der Waals surface area contributed by atoms with Crippen molar-refractivity contribution in [1.82, 2.24) is 0 Å². The van der Waals surface area contributed by atoms with Gasteiger partial charge in [-0.1, -0.05) is 13.3 Å². The second-order valence-electron chi connectivity index (χ2n) is 4.67. The van der Waals surface area contributed by atoms with E-state index in [9.17, 15) is 10.2 Å². The monoisotopic (exact) mass is 220 g/mol. The summed E-state index contributed by atoms with van der Waals surface area (Å²) in [5, 5.41) is 20.1. The van der Waals surface area contributed by atoms with E-state index in [1.54, 1.807) is 6.07 Å². The fourth-order valence-corrected chi connectivity index (χ4v) is 2.52. The summed E-state index contributed by atoms with van der Waals surface area (Å²) in [6.07, 6.45) is 7.09. The molecule has 2 heteroatoms. The molecule has 2 nitrogen and oxygen atoms in total. The Kier molecular flexibility index (Phi) is 3.37. The molecule has 1 aliphatic rings. The number of aromatic hydroxyl groups is 2. The zero-order valence-corrected chi connectivity index (χ0v) is 9.92. The molecule has 0 radical (unpaired) electrons. The van der Waals surface area contributed by atoms with Crippen molar-refractivity contribution in [2.24, 2.45) is 0 Å². The van der Waals surface area contributed by atoms with Crippen molar-refractivity contribution in [3.05, 3.63) is 22.8 Å². The summed E-state index contributed by atoms with van der Waals surface area (Å²) in [4.78, 5) is 0. The smallest absolute Gasteiger partial charge is 0.122 e. The third-order valence-corrected chi connectivity index (χ3v) is 3.48. The third kappa shape index (κ3) is 2.01. The van der Waals surface area contributed by atoms with Crippen LogP contribution in [0.25, 0.3) is 0 Å². The molecule has 88 valence electrons. The SMILES string of the molecule is CCCCc1cc(O)c2c(c1O)CCCC2. The van der Waals surface area contributed by atoms with E-state index in [0.29, 0.717) is 11.5 Å². The van der Waals surface area contributed by atoms with Gasteiger partial charge in [0.1, 0.15) is 11.5 Å². The highest BCUT2D eigenvalue weighted by molar-refractivity contribution is 5.53. The molecule has 2 rings (SSSR count). The van der Waals surface area contributed by atoms with Gasteiger partial charge in [0.2, 0.25) is 0 Å². The van der Waals surface area contributed by atoms with Crippen molar-refractivity contribution in [3.8, 4) is 11.5 Å². The number of hydrogen-bond donors (Lipinski definition) is 2. The van der Waals surface area contributed by atoms with Crippen LogP contribution in [0, 0.1) is 0 Å². The van der Waals surface area contributed by atoms with E-state index >= 15 is 0 Å². The topological polar surface area (TPSA) is 40.5 Å².